The van der Waals surface area contributed by atoms with Crippen LogP contribution in [0.4, 0.5) is 4.79 Å². The van der Waals surface area contributed by atoms with Gasteiger partial charge in [0, 0.05) is 19.5 Å². The van der Waals surface area contributed by atoms with Gasteiger partial charge in [-0.2, -0.15) is 0 Å². The molecule has 0 fully saturated rings. The molecule has 0 bridgehead atoms. The van der Waals surface area contributed by atoms with Crippen LogP contribution in [0.5, 0.6) is 0 Å². The minimum absolute atomic E-state index is 0.240. The first kappa shape index (κ1) is 14.8. The predicted molar refractivity (Wildman–Crippen MR) is 69.5 cm³/mol. The van der Waals surface area contributed by atoms with Crippen molar-refractivity contribution in [3.8, 4) is 0 Å². The molecule has 0 saturated carbocycles. The number of primary amides is 1. The second kappa shape index (κ2) is 7.94. The first-order valence-electron chi connectivity index (χ1n) is 5.99. The number of unbranched alkanes of at least 4 members (excludes halogenated alkanes) is 1. The van der Waals surface area contributed by atoms with E-state index in [0.29, 0.717) is 18.2 Å². The van der Waals surface area contributed by atoms with E-state index in [-0.39, 0.29) is 6.61 Å². The molecule has 0 atom stereocenters. The molecular formula is C11H19ClN4O2. The van der Waals surface area contributed by atoms with Gasteiger partial charge in [-0.25, -0.2) is 9.78 Å². The number of halogens is 1. The van der Waals surface area contributed by atoms with Crippen molar-refractivity contribution in [2.24, 2.45) is 5.73 Å². The molecule has 0 spiro atoms. The van der Waals surface area contributed by atoms with Crippen LogP contribution < -0.4 is 11.1 Å². The first-order chi connectivity index (χ1) is 8.63. The fraction of sp³-hybridized carbons (Fsp3) is 0.636. The van der Waals surface area contributed by atoms with Crippen molar-refractivity contribution in [2.45, 2.75) is 32.7 Å². The lowest BCUT2D eigenvalue weighted by atomic mass is 10.2. The van der Waals surface area contributed by atoms with Gasteiger partial charge in [0.05, 0.1) is 5.69 Å². The highest BCUT2D eigenvalue weighted by Gasteiger charge is 2.07. The Kier molecular flexibility index (Phi) is 6.53. The van der Waals surface area contributed by atoms with Crippen LogP contribution in [0.1, 0.15) is 31.3 Å². The maximum atomic E-state index is 10.3. The zero-order chi connectivity index (χ0) is 13.4. The highest BCUT2D eigenvalue weighted by Crippen LogP contribution is 2.13. The van der Waals surface area contributed by atoms with Gasteiger partial charge in [0.1, 0.15) is 12.4 Å². The van der Waals surface area contributed by atoms with E-state index < -0.39 is 6.09 Å². The maximum absolute atomic E-state index is 10.3. The fourth-order valence-electron chi connectivity index (χ4n) is 1.46. The van der Waals surface area contributed by atoms with E-state index in [0.717, 1.165) is 30.8 Å². The molecule has 0 saturated heterocycles. The second-order valence-electron chi connectivity index (χ2n) is 3.90. The van der Waals surface area contributed by atoms with Gasteiger partial charge in [0.2, 0.25) is 0 Å². The van der Waals surface area contributed by atoms with Crippen LogP contribution in [0.25, 0.3) is 0 Å². The first-order valence-corrected chi connectivity index (χ1v) is 6.37. The van der Waals surface area contributed by atoms with E-state index in [1.165, 1.54) is 0 Å². The fourth-order valence-corrected chi connectivity index (χ4v) is 1.67. The number of H-pyrrole nitrogens is 1. The molecule has 0 aromatic carbocycles. The standard InChI is InChI=1S/C11H19ClN4O2/c1-2-3-4-9-15-8(10(12)16-9)7-14-5-6-18-11(13)17/h14H,2-7H2,1H3,(H2,13,17)(H,15,16). The van der Waals surface area contributed by atoms with Crippen LogP contribution in [-0.2, 0) is 17.7 Å². The Balaban J connectivity index is 2.28. The van der Waals surface area contributed by atoms with Crippen molar-refractivity contribution < 1.29 is 9.53 Å². The number of ether oxygens (including phenoxy) is 1. The summed E-state index contributed by atoms with van der Waals surface area (Å²) < 4.78 is 4.59. The number of nitrogens with one attached hydrogen (secondary N) is 2. The molecule has 1 rings (SSSR count). The van der Waals surface area contributed by atoms with Crippen LogP contribution in [0.3, 0.4) is 0 Å². The third kappa shape index (κ3) is 5.37. The lowest BCUT2D eigenvalue weighted by Crippen LogP contribution is -2.23. The number of nitrogens with two attached hydrogens (primary N) is 1. The Morgan fingerprint density at radius 2 is 2.39 bits per heavy atom. The molecule has 4 N–H and O–H groups in total. The van der Waals surface area contributed by atoms with Crippen molar-refractivity contribution in [3.63, 3.8) is 0 Å². The number of amides is 1. The monoisotopic (exact) mass is 274 g/mol. The summed E-state index contributed by atoms with van der Waals surface area (Å²) in [5.41, 5.74) is 5.68. The number of nitrogens with zero attached hydrogens (tertiary/aromatic N) is 1. The summed E-state index contributed by atoms with van der Waals surface area (Å²) in [6.07, 6.45) is 2.35. The summed E-state index contributed by atoms with van der Waals surface area (Å²) in [6, 6.07) is 0. The average molecular weight is 275 g/mol. The number of aromatic amines is 1. The number of carbonyl (C=O) groups is 1. The smallest absolute Gasteiger partial charge is 0.404 e. The summed E-state index contributed by atoms with van der Waals surface area (Å²) in [7, 11) is 0. The van der Waals surface area contributed by atoms with Crippen molar-refractivity contribution >= 4 is 17.7 Å². The predicted octanol–water partition coefficient (Wildman–Crippen LogP) is 1.59. The Bertz CT molecular complexity index is 381. The van der Waals surface area contributed by atoms with Gasteiger partial charge in [-0.15, -0.1) is 0 Å². The Labute approximate surface area is 111 Å². The van der Waals surface area contributed by atoms with E-state index in [1.807, 2.05) is 0 Å². The Hall–Kier alpha value is -1.27. The van der Waals surface area contributed by atoms with Gasteiger partial charge >= 0.3 is 6.09 Å². The van der Waals surface area contributed by atoms with E-state index in [2.05, 4.69) is 26.9 Å². The molecule has 0 aliphatic heterocycles. The molecule has 6 nitrogen and oxygen atoms in total. The van der Waals surface area contributed by atoms with Crippen LogP contribution in [0, 0.1) is 0 Å². The maximum Gasteiger partial charge on any atom is 0.404 e. The normalized spacial score (nSPS) is 10.6. The molecule has 18 heavy (non-hydrogen) atoms. The average Bonchev–Trinajstić information content (AvgIpc) is 2.67. The minimum Gasteiger partial charge on any atom is -0.448 e. The van der Waals surface area contributed by atoms with E-state index in [4.69, 9.17) is 17.3 Å². The SMILES string of the molecule is CCCCc1nc(Cl)c(CNCCOC(N)=O)[nH]1. The molecular weight excluding hydrogens is 256 g/mol. The van der Waals surface area contributed by atoms with Crippen LogP contribution in [0.15, 0.2) is 0 Å². The molecule has 1 aromatic rings. The minimum atomic E-state index is -0.766. The summed E-state index contributed by atoms with van der Waals surface area (Å²) in [5.74, 6) is 0.909. The molecule has 7 heteroatoms. The van der Waals surface area contributed by atoms with Crippen molar-refractivity contribution in [1.82, 2.24) is 15.3 Å². The third-order valence-electron chi connectivity index (χ3n) is 2.37. The van der Waals surface area contributed by atoms with Gasteiger partial charge in [-0.3, -0.25) is 0 Å². The van der Waals surface area contributed by atoms with Gasteiger partial charge in [-0.05, 0) is 6.42 Å². The lowest BCUT2D eigenvalue weighted by molar-refractivity contribution is 0.157. The molecule has 1 aromatic heterocycles. The van der Waals surface area contributed by atoms with Crippen LogP contribution in [-0.4, -0.2) is 29.2 Å². The summed E-state index contributed by atoms with van der Waals surface area (Å²) in [5, 5.41) is 3.57. The summed E-state index contributed by atoms with van der Waals surface area (Å²) in [4.78, 5) is 17.7. The molecule has 1 amide bonds. The van der Waals surface area contributed by atoms with Crippen molar-refractivity contribution in [1.29, 1.82) is 0 Å². The number of aryl methyl sites for hydroxylation is 1. The highest BCUT2D eigenvalue weighted by atomic mass is 35.5. The van der Waals surface area contributed by atoms with Crippen LogP contribution >= 0.6 is 11.6 Å². The molecule has 0 aliphatic carbocycles. The second-order valence-corrected chi connectivity index (χ2v) is 4.26. The molecule has 1 heterocycles. The molecule has 0 radical (unpaired) electrons. The number of rotatable bonds is 8. The third-order valence-corrected chi connectivity index (χ3v) is 2.68. The topological polar surface area (TPSA) is 93.0 Å². The molecule has 102 valence electrons. The van der Waals surface area contributed by atoms with E-state index in [1.54, 1.807) is 0 Å². The van der Waals surface area contributed by atoms with E-state index in [9.17, 15) is 4.79 Å². The van der Waals surface area contributed by atoms with Gasteiger partial charge in [-0.1, -0.05) is 24.9 Å². The van der Waals surface area contributed by atoms with E-state index >= 15 is 0 Å². The number of hydrogen-bond acceptors (Lipinski definition) is 4. The Morgan fingerprint density at radius 3 is 3.06 bits per heavy atom. The molecule has 0 aliphatic rings. The van der Waals surface area contributed by atoms with Crippen molar-refractivity contribution in [2.75, 3.05) is 13.2 Å². The zero-order valence-electron chi connectivity index (χ0n) is 10.5. The number of carbonyl (C=O) groups excluding carboxylic acids is 1. The van der Waals surface area contributed by atoms with Gasteiger partial charge in [0.25, 0.3) is 0 Å². The summed E-state index contributed by atoms with van der Waals surface area (Å²) in [6.45, 7) is 3.44. The summed E-state index contributed by atoms with van der Waals surface area (Å²) >= 11 is 6.00. The number of imidazole rings is 1. The Morgan fingerprint density at radius 1 is 1.61 bits per heavy atom. The van der Waals surface area contributed by atoms with Gasteiger partial charge < -0.3 is 20.8 Å². The largest absolute Gasteiger partial charge is 0.448 e. The zero-order valence-corrected chi connectivity index (χ0v) is 11.2. The van der Waals surface area contributed by atoms with Crippen molar-refractivity contribution in [3.05, 3.63) is 16.7 Å². The quantitative estimate of drug-likeness (QED) is 0.628. The van der Waals surface area contributed by atoms with Gasteiger partial charge in [0.15, 0.2) is 5.15 Å². The van der Waals surface area contributed by atoms with Crippen LogP contribution in [0.2, 0.25) is 5.15 Å². The highest BCUT2D eigenvalue weighted by molar-refractivity contribution is 6.30. The number of aromatic nitrogens is 2. The number of hydrogen-bond donors (Lipinski definition) is 3. The lowest BCUT2D eigenvalue weighted by Gasteiger charge is -2.03. The molecule has 0 unspecified atom stereocenters.